The summed E-state index contributed by atoms with van der Waals surface area (Å²) in [4.78, 5) is 26.3. The van der Waals surface area contributed by atoms with E-state index in [9.17, 15) is 19.8 Å². The van der Waals surface area contributed by atoms with Gasteiger partial charge < -0.3 is 14.9 Å². The van der Waals surface area contributed by atoms with Crippen LogP contribution in [0.4, 0.5) is 0 Å². The molecule has 2 N–H and O–H groups in total. The fourth-order valence-electron chi connectivity index (χ4n) is 6.41. The number of carbonyl (C=O) groups is 2. The minimum absolute atomic E-state index is 0.0596. The summed E-state index contributed by atoms with van der Waals surface area (Å²) in [6.07, 6.45) is -1.16. The van der Waals surface area contributed by atoms with Crippen molar-refractivity contribution in [2.75, 3.05) is 0 Å². The van der Waals surface area contributed by atoms with Crippen molar-refractivity contribution in [3.63, 3.8) is 0 Å². The Balaban J connectivity index is 3.53. The van der Waals surface area contributed by atoms with Gasteiger partial charge in [0.2, 0.25) is 0 Å². The lowest BCUT2D eigenvalue weighted by Crippen LogP contribution is -2.56. The van der Waals surface area contributed by atoms with E-state index >= 15 is 0 Å². The molecule has 1 fully saturated rings. The molecule has 0 aromatic rings. The van der Waals surface area contributed by atoms with Crippen molar-refractivity contribution in [2.24, 2.45) is 46.8 Å². The molecule has 0 spiro atoms. The lowest BCUT2D eigenvalue weighted by molar-refractivity contribution is -0.191. The molecule has 0 amide bonds. The van der Waals surface area contributed by atoms with Crippen LogP contribution in [-0.2, 0) is 14.3 Å². The van der Waals surface area contributed by atoms with Crippen molar-refractivity contribution in [3.05, 3.63) is 0 Å². The average molecular weight is 441 g/mol. The van der Waals surface area contributed by atoms with Gasteiger partial charge in [0.1, 0.15) is 17.5 Å². The minimum atomic E-state index is -1.71. The largest absolute Gasteiger partial charge is 0.459 e. The lowest BCUT2D eigenvalue weighted by atomic mass is 9.59. The highest BCUT2D eigenvalue weighted by Gasteiger charge is 2.48. The first-order chi connectivity index (χ1) is 14.0. The van der Waals surface area contributed by atoms with E-state index in [1.165, 1.54) is 6.92 Å². The first kappa shape index (κ1) is 28.1. The topological polar surface area (TPSA) is 83.8 Å². The normalized spacial score (nSPS) is 43.4. The zero-order valence-corrected chi connectivity index (χ0v) is 21.7. The second-order valence-electron chi connectivity index (χ2n) is 11.6. The van der Waals surface area contributed by atoms with E-state index < -0.39 is 23.7 Å². The lowest BCUT2D eigenvalue weighted by Gasteiger charge is -2.46. The van der Waals surface area contributed by atoms with Crippen molar-refractivity contribution in [1.29, 1.82) is 0 Å². The molecule has 0 radical (unpaired) electrons. The fraction of sp³-hybridized carbons (Fsp3) is 0.923. The second-order valence-corrected chi connectivity index (χ2v) is 11.6. The summed E-state index contributed by atoms with van der Waals surface area (Å²) < 4.78 is 5.76. The number of cyclic esters (lactones) is 1. The molecule has 0 aromatic heterocycles. The maximum Gasteiger partial charge on any atom is 0.309 e. The number of carbonyl (C=O) groups excluding carboxylic acids is 2. The van der Waals surface area contributed by atoms with Crippen molar-refractivity contribution in [1.82, 2.24) is 0 Å². The van der Waals surface area contributed by atoms with E-state index in [0.29, 0.717) is 24.7 Å². The highest BCUT2D eigenvalue weighted by atomic mass is 16.6. The summed E-state index contributed by atoms with van der Waals surface area (Å²) >= 11 is 0. The number of ketones is 1. The summed E-state index contributed by atoms with van der Waals surface area (Å²) in [5, 5.41) is 22.1. The van der Waals surface area contributed by atoms with Gasteiger partial charge in [0, 0.05) is 11.8 Å². The Kier molecular flexibility index (Phi) is 9.36. The summed E-state index contributed by atoms with van der Waals surface area (Å²) in [7, 11) is 0. The van der Waals surface area contributed by atoms with Crippen LogP contribution < -0.4 is 0 Å². The van der Waals surface area contributed by atoms with Crippen LogP contribution in [-0.4, -0.2) is 39.8 Å². The molecule has 0 saturated carbocycles. The molecule has 31 heavy (non-hydrogen) atoms. The van der Waals surface area contributed by atoms with Crippen LogP contribution >= 0.6 is 0 Å². The average Bonchev–Trinajstić information content (AvgIpc) is 2.66. The molecule has 0 aromatic carbocycles. The van der Waals surface area contributed by atoms with Gasteiger partial charge >= 0.3 is 5.97 Å². The molecule has 5 heteroatoms. The van der Waals surface area contributed by atoms with Gasteiger partial charge in [-0.3, -0.25) is 9.59 Å². The van der Waals surface area contributed by atoms with Gasteiger partial charge in [-0.25, -0.2) is 0 Å². The van der Waals surface area contributed by atoms with Crippen LogP contribution in [0.3, 0.4) is 0 Å². The molecule has 5 nitrogen and oxygen atoms in total. The molecule has 1 aliphatic rings. The Bertz CT molecular complexity index is 623. The summed E-state index contributed by atoms with van der Waals surface area (Å²) in [5.41, 5.74) is -1.85. The quantitative estimate of drug-likeness (QED) is 0.598. The smallest absolute Gasteiger partial charge is 0.309 e. The zero-order valence-electron chi connectivity index (χ0n) is 21.7. The van der Waals surface area contributed by atoms with E-state index in [1.54, 1.807) is 6.92 Å². The molecule has 9 atom stereocenters. The maximum absolute atomic E-state index is 13.3. The molecule has 0 unspecified atom stereocenters. The van der Waals surface area contributed by atoms with Crippen molar-refractivity contribution < 1.29 is 24.5 Å². The zero-order chi connectivity index (χ0) is 24.5. The minimum Gasteiger partial charge on any atom is -0.459 e. The number of hydrogen-bond donors (Lipinski definition) is 2. The highest BCUT2D eigenvalue weighted by Crippen LogP contribution is 2.47. The van der Waals surface area contributed by atoms with Crippen LogP contribution in [0.5, 0.6) is 0 Å². The first-order valence-corrected chi connectivity index (χ1v) is 12.1. The van der Waals surface area contributed by atoms with Gasteiger partial charge in [-0.05, 0) is 48.9 Å². The summed E-state index contributed by atoms with van der Waals surface area (Å²) in [6, 6.07) is 0. The van der Waals surface area contributed by atoms with Crippen LogP contribution in [0.15, 0.2) is 0 Å². The number of aliphatic hydroxyl groups excluding tert-OH is 1. The first-order valence-electron chi connectivity index (χ1n) is 12.1. The standard InChI is InChI=1S/C26H48O5/c1-12-20-26(11,30)23(28)19(8)22(27)15(4)13-25(9,10)21(14(2)3)17(6)16(5)18(7)24(29)31-20/h14-21,23,28,30H,12-13H2,1-11H3/t15-,16+,17+,18-,19+,20-,21-,23-,26-/m1/s1. The Labute approximate surface area is 190 Å². The number of Topliss-reactive ketones (excluding diaryl/α,β-unsaturated/α-hetero) is 1. The van der Waals surface area contributed by atoms with Crippen LogP contribution in [0.1, 0.15) is 89.0 Å². The monoisotopic (exact) mass is 440 g/mol. The fourth-order valence-corrected chi connectivity index (χ4v) is 6.41. The third-order valence-electron chi connectivity index (χ3n) is 8.30. The molecule has 1 heterocycles. The highest BCUT2D eigenvalue weighted by molar-refractivity contribution is 5.83. The number of rotatable bonds is 2. The number of ether oxygens (including phenoxy) is 1. The van der Waals surface area contributed by atoms with Crippen LogP contribution in [0.25, 0.3) is 0 Å². The molecule has 1 rings (SSSR count). The van der Waals surface area contributed by atoms with E-state index in [-0.39, 0.29) is 40.8 Å². The van der Waals surface area contributed by atoms with E-state index in [4.69, 9.17) is 4.74 Å². The summed E-state index contributed by atoms with van der Waals surface area (Å²) in [5.74, 6) is -0.762. The molecule has 1 aliphatic heterocycles. The Morgan fingerprint density at radius 2 is 1.52 bits per heavy atom. The van der Waals surface area contributed by atoms with E-state index in [2.05, 4.69) is 41.5 Å². The number of esters is 1. The second kappa shape index (κ2) is 10.3. The molecule has 0 aliphatic carbocycles. The molecule has 182 valence electrons. The number of aliphatic hydroxyl groups is 2. The van der Waals surface area contributed by atoms with Crippen molar-refractivity contribution >= 4 is 11.8 Å². The van der Waals surface area contributed by atoms with E-state index in [0.717, 1.165) is 0 Å². The van der Waals surface area contributed by atoms with Crippen LogP contribution in [0, 0.1) is 46.8 Å². The Morgan fingerprint density at radius 1 is 1.00 bits per heavy atom. The summed E-state index contributed by atoms with van der Waals surface area (Å²) in [6.45, 7) is 21.9. The molecule has 1 saturated heterocycles. The third-order valence-corrected chi connectivity index (χ3v) is 8.30. The Hall–Kier alpha value is -0.940. The van der Waals surface area contributed by atoms with Gasteiger partial charge in [-0.2, -0.15) is 0 Å². The Morgan fingerprint density at radius 3 is 1.97 bits per heavy atom. The van der Waals surface area contributed by atoms with Gasteiger partial charge in [0.05, 0.1) is 12.0 Å². The maximum atomic E-state index is 13.3. The SMILES string of the molecule is CC[C@H]1OC(=O)[C@H](C)[C@@H](C)[C@H](C)[C@@H](C(C)C)C(C)(C)C[C@@H](C)C(=O)[C@H](C)[C@@H](O)[C@]1(C)O. The van der Waals surface area contributed by atoms with Crippen LogP contribution in [0.2, 0.25) is 0 Å². The van der Waals surface area contributed by atoms with Crippen molar-refractivity contribution in [3.8, 4) is 0 Å². The van der Waals surface area contributed by atoms with Gasteiger partial charge in [-0.15, -0.1) is 0 Å². The molecular formula is C26H48O5. The van der Waals surface area contributed by atoms with Gasteiger partial charge in [-0.1, -0.05) is 69.2 Å². The molecule has 0 bridgehead atoms. The van der Waals surface area contributed by atoms with Gasteiger partial charge in [0.25, 0.3) is 0 Å². The number of hydrogen-bond acceptors (Lipinski definition) is 5. The molecular weight excluding hydrogens is 392 g/mol. The van der Waals surface area contributed by atoms with Gasteiger partial charge in [0.15, 0.2) is 0 Å². The predicted molar refractivity (Wildman–Crippen MR) is 124 cm³/mol. The van der Waals surface area contributed by atoms with E-state index in [1.807, 2.05) is 20.8 Å². The third kappa shape index (κ3) is 5.90. The predicted octanol–water partition coefficient (Wildman–Crippen LogP) is 4.87. The van der Waals surface area contributed by atoms with Crippen molar-refractivity contribution in [2.45, 2.75) is 107 Å².